The number of aliphatic hydroxyl groups excluding tert-OH is 1. The minimum Gasteiger partial charge on any atom is -0.484 e. The van der Waals surface area contributed by atoms with Crippen LogP contribution in [0.5, 0.6) is 5.75 Å². The predicted molar refractivity (Wildman–Crippen MR) is 83.9 cm³/mol. The Labute approximate surface area is 137 Å². The van der Waals surface area contributed by atoms with E-state index in [1.807, 2.05) is 24.3 Å². The van der Waals surface area contributed by atoms with Gasteiger partial charge in [0.15, 0.2) is 6.61 Å². The molecule has 1 amide bonds. The number of rotatable bonds is 4. The summed E-state index contributed by atoms with van der Waals surface area (Å²) in [6, 6.07) is 11.0. The zero-order valence-corrected chi connectivity index (χ0v) is 12.9. The Kier molecular flexibility index (Phi) is 4.50. The van der Waals surface area contributed by atoms with E-state index in [0.717, 1.165) is 11.1 Å². The lowest BCUT2D eigenvalue weighted by Gasteiger charge is -2.18. The largest absolute Gasteiger partial charge is 0.484 e. The number of amides is 1. The van der Waals surface area contributed by atoms with Gasteiger partial charge in [0.1, 0.15) is 11.6 Å². The van der Waals surface area contributed by atoms with Gasteiger partial charge in [-0.15, -0.1) is 0 Å². The molecule has 0 spiro atoms. The van der Waals surface area contributed by atoms with E-state index in [-0.39, 0.29) is 17.5 Å². The zero-order chi connectivity index (χ0) is 16.4. The molecule has 0 saturated heterocycles. The zero-order valence-electron chi connectivity index (χ0n) is 12.1. The van der Waals surface area contributed by atoms with Gasteiger partial charge in [-0.1, -0.05) is 35.9 Å². The topological polar surface area (TPSA) is 58.6 Å². The van der Waals surface area contributed by atoms with Gasteiger partial charge in [-0.25, -0.2) is 4.39 Å². The van der Waals surface area contributed by atoms with Crippen molar-refractivity contribution in [1.29, 1.82) is 0 Å². The van der Waals surface area contributed by atoms with Crippen LogP contribution in [0.25, 0.3) is 0 Å². The molecule has 2 aromatic rings. The van der Waals surface area contributed by atoms with E-state index in [1.165, 1.54) is 18.2 Å². The SMILES string of the molecule is O=C(COc1ccc(F)c(Cl)c1)N[C@H]1c2ccccc2C[C@H]1O. The van der Waals surface area contributed by atoms with E-state index in [9.17, 15) is 14.3 Å². The Morgan fingerprint density at radius 1 is 1.35 bits per heavy atom. The smallest absolute Gasteiger partial charge is 0.258 e. The van der Waals surface area contributed by atoms with Gasteiger partial charge in [0.25, 0.3) is 5.91 Å². The highest BCUT2D eigenvalue weighted by Gasteiger charge is 2.31. The summed E-state index contributed by atoms with van der Waals surface area (Å²) in [5, 5.41) is 12.8. The van der Waals surface area contributed by atoms with Crippen LogP contribution in [0.2, 0.25) is 5.02 Å². The summed E-state index contributed by atoms with van der Waals surface area (Å²) in [5.41, 5.74) is 1.94. The Bertz CT molecular complexity index is 738. The molecule has 120 valence electrons. The number of hydrogen-bond acceptors (Lipinski definition) is 3. The lowest BCUT2D eigenvalue weighted by molar-refractivity contribution is -0.124. The molecule has 2 aromatic carbocycles. The maximum Gasteiger partial charge on any atom is 0.258 e. The fraction of sp³-hybridized carbons (Fsp3) is 0.235. The maximum atomic E-state index is 13.1. The Morgan fingerprint density at radius 2 is 2.13 bits per heavy atom. The summed E-state index contributed by atoms with van der Waals surface area (Å²) in [5.74, 6) is -0.612. The van der Waals surface area contributed by atoms with Crippen LogP contribution in [0.1, 0.15) is 17.2 Å². The second kappa shape index (κ2) is 6.56. The number of carbonyl (C=O) groups is 1. The van der Waals surface area contributed by atoms with Crippen LogP contribution in [-0.2, 0) is 11.2 Å². The summed E-state index contributed by atoms with van der Waals surface area (Å²) in [6.07, 6.45) is -0.146. The number of aliphatic hydroxyl groups is 1. The molecular weight excluding hydrogens is 321 g/mol. The average Bonchev–Trinajstić information content (AvgIpc) is 2.84. The third kappa shape index (κ3) is 3.46. The Hall–Kier alpha value is -2.11. The maximum absolute atomic E-state index is 13.1. The first kappa shape index (κ1) is 15.8. The normalized spacial score (nSPS) is 19.3. The first-order chi connectivity index (χ1) is 11.0. The molecule has 0 heterocycles. The van der Waals surface area contributed by atoms with Crippen LogP contribution in [0.15, 0.2) is 42.5 Å². The van der Waals surface area contributed by atoms with Crippen LogP contribution in [-0.4, -0.2) is 23.7 Å². The molecule has 2 N–H and O–H groups in total. The van der Waals surface area contributed by atoms with Crippen LogP contribution in [0.3, 0.4) is 0 Å². The minimum absolute atomic E-state index is 0.0666. The Morgan fingerprint density at radius 3 is 2.91 bits per heavy atom. The first-order valence-electron chi connectivity index (χ1n) is 7.17. The van der Waals surface area contributed by atoms with Crippen LogP contribution >= 0.6 is 11.6 Å². The van der Waals surface area contributed by atoms with E-state index in [0.29, 0.717) is 12.2 Å². The highest BCUT2D eigenvalue weighted by Crippen LogP contribution is 2.31. The number of hydrogen-bond donors (Lipinski definition) is 2. The molecule has 6 heteroatoms. The first-order valence-corrected chi connectivity index (χ1v) is 7.55. The van der Waals surface area contributed by atoms with Crippen molar-refractivity contribution in [3.8, 4) is 5.75 Å². The molecule has 1 aliphatic rings. The van der Waals surface area contributed by atoms with Crippen molar-refractivity contribution in [2.24, 2.45) is 0 Å². The van der Waals surface area contributed by atoms with E-state index in [1.54, 1.807) is 0 Å². The molecule has 3 rings (SSSR count). The van der Waals surface area contributed by atoms with Crippen molar-refractivity contribution >= 4 is 17.5 Å². The summed E-state index contributed by atoms with van der Waals surface area (Å²) >= 11 is 5.65. The van der Waals surface area contributed by atoms with Gasteiger partial charge < -0.3 is 15.2 Å². The quantitative estimate of drug-likeness (QED) is 0.903. The summed E-state index contributed by atoms with van der Waals surface area (Å²) in [6.45, 7) is -0.243. The number of halogens is 2. The van der Waals surface area contributed by atoms with Crippen LogP contribution in [0, 0.1) is 5.82 Å². The van der Waals surface area contributed by atoms with Gasteiger partial charge in [0.05, 0.1) is 17.2 Å². The summed E-state index contributed by atoms with van der Waals surface area (Å²) in [7, 11) is 0. The monoisotopic (exact) mass is 335 g/mol. The van der Waals surface area contributed by atoms with Crippen LogP contribution in [0.4, 0.5) is 4.39 Å². The number of benzene rings is 2. The molecule has 0 radical (unpaired) electrons. The number of fused-ring (bicyclic) bond motifs is 1. The second-order valence-corrected chi connectivity index (χ2v) is 5.79. The second-order valence-electron chi connectivity index (χ2n) is 5.38. The van der Waals surface area contributed by atoms with E-state index >= 15 is 0 Å². The molecule has 0 bridgehead atoms. The van der Waals surface area contributed by atoms with Crippen molar-refractivity contribution in [2.75, 3.05) is 6.61 Å². The molecule has 0 aromatic heterocycles. The van der Waals surface area contributed by atoms with Gasteiger partial charge in [-0.2, -0.15) is 0 Å². The Balaban J connectivity index is 1.60. The van der Waals surface area contributed by atoms with Gasteiger partial charge >= 0.3 is 0 Å². The van der Waals surface area contributed by atoms with Gasteiger partial charge in [0, 0.05) is 12.5 Å². The van der Waals surface area contributed by atoms with Crippen molar-refractivity contribution in [1.82, 2.24) is 5.32 Å². The van der Waals surface area contributed by atoms with E-state index in [4.69, 9.17) is 16.3 Å². The number of carbonyl (C=O) groups excluding carboxylic acids is 1. The predicted octanol–water partition coefficient (Wildman–Crippen LogP) is 2.63. The van der Waals surface area contributed by atoms with Crippen molar-refractivity contribution < 1.29 is 19.0 Å². The van der Waals surface area contributed by atoms with Crippen LogP contribution < -0.4 is 10.1 Å². The molecule has 23 heavy (non-hydrogen) atoms. The number of nitrogens with one attached hydrogen (secondary N) is 1. The van der Waals surface area contributed by atoms with Crippen molar-refractivity contribution in [3.63, 3.8) is 0 Å². The molecule has 0 unspecified atom stereocenters. The van der Waals surface area contributed by atoms with Crippen molar-refractivity contribution in [3.05, 3.63) is 64.4 Å². The van der Waals surface area contributed by atoms with Gasteiger partial charge in [-0.05, 0) is 23.3 Å². The molecule has 4 nitrogen and oxygen atoms in total. The third-order valence-electron chi connectivity index (χ3n) is 3.78. The minimum atomic E-state index is -0.656. The molecule has 1 aliphatic carbocycles. The average molecular weight is 336 g/mol. The van der Waals surface area contributed by atoms with Gasteiger partial charge in [-0.3, -0.25) is 4.79 Å². The molecule has 0 fully saturated rings. The van der Waals surface area contributed by atoms with E-state index in [2.05, 4.69) is 5.32 Å². The standard InChI is InChI=1S/C17H15ClFNO3/c18-13-8-11(5-6-14(13)19)23-9-16(22)20-17-12-4-2-1-3-10(12)7-15(17)21/h1-6,8,15,17,21H,7,9H2,(H,20,22)/t15-,17+/m1/s1. The van der Waals surface area contributed by atoms with Crippen molar-refractivity contribution in [2.45, 2.75) is 18.6 Å². The highest BCUT2D eigenvalue weighted by atomic mass is 35.5. The molecule has 0 aliphatic heterocycles. The molecule has 0 saturated carbocycles. The molecular formula is C17H15ClFNO3. The fourth-order valence-electron chi connectivity index (χ4n) is 2.68. The summed E-state index contributed by atoms with van der Waals surface area (Å²) in [4.78, 5) is 12.0. The summed E-state index contributed by atoms with van der Waals surface area (Å²) < 4.78 is 18.3. The fourth-order valence-corrected chi connectivity index (χ4v) is 2.85. The van der Waals surface area contributed by atoms with E-state index < -0.39 is 18.0 Å². The molecule has 2 atom stereocenters. The highest BCUT2D eigenvalue weighted by molar-refractivity contribution is 6.30. The lowest BCUT2D eigenvalue weighted by Crippen LogP contribution is -2.36. The third-order valence-corrected chi connectivity index (χ3v) is 4.07. The lowest BCUT2D eigenvalue weighted by atomic mass is 10.1. The van der Waals surface area contributed by atoms with Gasteiger partial charge in [0.2, 0.25) is 0 Å². The number of ether oxygens (including phenoxy) is 1.